The lowest BCUT2D eigenvalue weighted by Gasteiger charge is -2.25. The number of pyridine rings is 1. The first-order valence-electron chi connectivity index (χ1n) is 6.20. The summed E-state index contributed by atoms with van der Waals surface area (Å²) in [5.41, 5.74) is 2.32. The van der Waals surface area contributed by atoms with Crippen LogP contribution in [-0.2, 0) is 0 Å². The first-order valence-corrected chi connectivity index (χ1v) is 7.08. The van der Waals surface area contributed by atoms with Gasteiger partial charge in [-0.1, -0.05) is 12.8 Å². The lowest BCUT2D eigenvalue weighted by atomic mass is 9.90. The third kappa shape index (κ3) is 3.23. The van der Waals surface area contributed by atoms with Gasteiger partial charge in [-0.15, -0.1) is 11.8 Å². The molecular formula is C14H18N2S. The van der Waals surface area contributed by atoms with Crippen molar-refractivity contribution in [1.29, 1.82) is 5.26 Å². The molecule has 0 spiro atoms. The van der Waals surface area contributed by atoms with E-state index in [0.717, 1.165) is 23.6 Å². The maximum atomic E-state index is 9.16. The van der Waals surface area contributed by atoms with E-state index in [0.29, 0.717) is 5.25 Å². The van der Waals surface area contributed by atoms with Gasteiger partial charge in [-0.3, -0.25) is 0 Å². The second-order valence-electron chi connectivity index (χ2n) is 4.80. The minimum absolute atomic E-state index is 0.205. The molecule has 1 aliphatic carbocycles. The molecule has 0 saturated heterocycles. The molecule has 1 aliphatic rings. The maximum Gasteiger partial charge on any atom is 0.0968 e. The lowest BCUT2D eigenvalue weighted by molar-refractivity contribution is 0.439. The van der Waals surface area contributed by atoms with E-state index in [2.05, 4.69) is 30.1 Å². The smallest absolute Gasteiger partial charge is 0.0968 e. The first kappa shape index (κ1) is 12.4. The Kier molecular flexibility index (Phi) is 4.06. The lowest BCUT2D eigenvalue weighted by Crippen LogP contribution is -2.20. The molecule has 1 heterocycles. The zero-order chi connectivity index (χ0) is 12.3. The van der Waals surface area contributed by atoms with E-state index < -0.39 is 0 Å². The molecule has 2 rings (SSSR count). The average molecular weight is 246 g/mol. The zero-order valence-electron chi connectivity index (χ0n) is 10.4. The zero-order valence-corrected chi connectivity index (χ0v) is 11.3. The molecule has 0 aliphatic heterocycles. The number of nitrogens with zero attached hydrogens (tertiary/aromatic N) is 2. The number of hydrogen-bond acceptors (Lipinski definition) is 3. The largest absolute Gasteiger partial charge is 0.247 e. The van der Waals surface area contributed by atoms with E-state index in [-0.39, 0.29) is 5.92 Å². The van der Waals surface area contributed by atoms with Crippen molar-refractivity contribution < 1.29 is 0 Å². The van der Waals surface area contributed by atoms with E-state index in [1.54, 1.807) is 11.8 Å². The van der Waals surface area contributed by atoms with Gasteiger partial charge in [0.25, 0.3) is 0 Å². The van der Waals surface area contributed by atoms with Crippen molar-refractivity contribution in [2.45, 2.75) is 49.8 Å². The number of aromatic nitrogens is 1. The van der Waals surface area contributed by atoms with Crippen LogP contribution in [0.4, 0.5) is 0 Å². The molecule has 1 saturated carbocycles. The minimum Gasteiger partial charge on any atom is -0.247 e. The number of rotatable bonds is 2. The summed E-state index contributed by atoms with van der Waals surface area (Å²) in [6.45, 7) is 4.13. The normalized spacial score (nSPS) is 24.3. The van der Waals surface area contributed by atoms with E-state index in [1.807, 2.05) is 6.92 Å². The molecule has 90 valence electrons. The summed E-state index contributed by atoms with van der Waals surface area (Å²) < 4.78 is 0. The second kappa shape index (κ2) is 5.55. The minimum atomic E-state index is 0.205. The van der Waals surface area contributed by atoms with Crippen molar-refractivity contribution in [2.24, 2.45) is 5.92 Å². The molecule has 1 fully saturated rings. The summed E-state index contributed by atoms with van der Waals surface area (Å²) in [6.07, 6.45) is 4.66. The quantitative estimate of drug-likeness (QED) is 0.794. The summed E-state index contributed by atoms with van der Waals surface area (Å²) in [7, 11) is 0. The van der Waals surface area contributed by atoms with Gasteiger partial charge in [0.05, 0.1) is 17.0 Å². The number of thioether (sulfide) groups is 1. The van der Waals surface area contributed by atoms with Gasteiger partial charge in [-0.2, -0.15) is 5.26 Å². The molecule has 2 atom stereocenters. The number of aryl methyl sites for hydroxylation is 2. The van der Waals surface area contributed by atoms with Crippen LogP contribution in [-0.4, -0.2) is 10.2 Å². The van der Waals surface area contributed by atoms with Gasteiger partial charge in [0, 0.05) is 10.9 Å². The monoisotopic (exact) mass is 246 g/mol. The highest BCUT2D eigenvalue weighted by molar-refractivity contribution is 7.99. The summed E-state index contributed by atoms with van der Waals surface area (Å²) in [6, 6.07) is 6.67. The third-order valence-corrected chi connectivity index (χ3v) is 4.53. The Morgan fingerprint density at radius 2 is 2.06 bits per heavy atom. The van der Waals surface area contributed by atoms with Gasteiger partial charge in [-0.25, -0.2) is 4.98 Å². The van der Waals surface area contributed by atoms with Gasteiger partial charge in [0.2, 0.25) is 0 Å². The van der Waals surface area contributed by atoms with Crippen LogP contribution < -0.4 is 0 Å². The summed E-state index contributed by atoms with van der Waals surface area (Å²) >= 11 is 1.79. The van der Waals surface area contributed by atoms with Crippen LogP contribution in [0.5, 0.6) is 0 Å². The predicted molar refractivity (Wildman–Crippen MR) is 70.9 cm³/mol. The molecule has 0 bridgehead atoms. The molecule has 0 radical (unpaired) electrons. The van der Waals surface area contributed by atoms with Crippen molar-refractivity contribution in [3.05, 3.63) is 23.4 Å². The van der Waals surface area contributed by atoms with E-state index in [9.17, 15) is 0 Å². The fourth-order valence-electron chi connectivity index (χ4n) is 2.41. The van der Waals surface area contributed by atoms with Gasteiger partial charge in [-0.05, 0) is 44.4 Å². The molecule has 0 aromatic carbocycles. The molecule has 2 unspecified atom stereocenters. The Morgan fingerprint density at radius 1 is 1.29 bits per heavy atom. The van der Waals surface area contributed by atoms with E-state index in [1.165, 1.54) is 18.4 Å². The van der Waals surface area contributed by atoms with E-state index >= 15 is 0 Å². The predicted octanol–water partition coefficient (Wildman–Crippen LogP) is 3.87. The van der Waals surface area contributed by atoms with Crippen molar-refractivity contribution in [3.63, 3.8) is 0 Å². The summed E-state index contributed by atoms with van der Waals surface area (Å²) in [5, 5.41) is 10.7. The number of nitriles is 1. The molecule has 2 nitrogen and oxygen atoms in total. The summed E-state index contributed by atoms with van der Waals surface area (Å²) in [5.74, 6) is 0.205. The summed E-state index contributed by atoms with van der Waals surface area (Å²) in [4.78, 5) is 4.55. The topological polar surface area (TPSA) is 36.7 Å². The molecule has 1 aromatic heterocycles. The maximum absolute atomic E-state index is 9.16. The van der Waals surface area contributed by atoms with Gasteiger partial charge in [0.15, 0.2) is 0 Å². The molecule has 1 aromatic rings. The third-order valence-electron chi connectivity index (χ3n) is 3.21. The van der Waals surface area contributed by atoms with E-state index in [4.69, 9.17) is 5.26 Å². The Bertz CT molecular complexity index is 416. The fraction of sp³-hybridized carbons (Fsp3) is 0.571. The van der Waals surface area contributed by atoms with Gasteiger partial charge < -0.3 is 0 Å². The first-order chi connectivity index (χ1) is 8.19. The van der Waals surface area contributed by atoms with Crippen molar-refractivity contribution >= 4 is 11.8 Å². The molecule has 0 amide bonds. The Balaban J connectivity index is 2.11. The van der Waals surface area contributed by atoms with Gasteiger partial charge >= 0.3 is 0 Å². The second-order valence-corrected chi connectivity index (χ2v) is 6.06. The van der Waals surface area contributed by atoms with Gasteiger partial charge in [0.1, 0.15) is 0 Å². The molecule has 17 heavy (non-hydrogen) atoms. The van der Waals surface area contributed by atoms with Crippen LogP contribution in [0.1, 0.15) is 36.9 Å². The Morgan fingerprint density at radius 3 is 2.76 bits per heavy atom. The van der Waals surface area contributed by atoms with Crippen LogP contribution in [0.25, 0.3) is 0 Å². The van der Waals surface area contributed by atoms with Crippen LogP contribution >= 0.6 is 11.8 Å². The fourth-order valence-corrected chi connectivity index (χ4v) is 3.81. The molecular weight excluding hydrogens is 228 g/mol. The number of hydrogen-bond donors (Lipinski definition) is 0. The Labute approximate surface area is 107 Å². The van der Waals surface area contributed by atoms with Crippen LogP contribution in [0.2, 0.25) is 0 Å². The van der Waals surface area contributed by atoms with Crippen molar-refractivity contribution in [3.8, 4) is 6.07 Å². The highest BCUT2D eigenvalue weighted by Crippen LogP contribution is 2.36. The van der Waals surface area contributed by atoms with Crippen molar-refractivity contribution in [2.75, 3.05) is 0 Å². The average Bonchev–Trinajstić information content (AvgIpc) is 2.28. The standard InChI is InChI=1S/C14H18N2S/c1-10-7-11(2)16-14(8-10)17-13-6-4-3-5-12(13)9-15/h7-8,12-13H,3-6H2,1-2H3. The Hall–Kier alpha value is -1.01. The van der Waals surface area contributed by atoms with Crippen LogP contribution in [0.15, 0.2) is 17.2 Å². The van der Waals surface area contributed by atoms with Crippen molar-refractivity contribution in [1.82, 2.24) is 4.98 Å². The molecule has 3 heteroatoms. The van der Waals surface area contributed by atoms with Crippen LogP contribution in [0, 0.1) is 31.1 Å². The van der Waals surface area contributed by atoms with Crippen LogP contribution in [0.3, 0.4) is 0 Å². The highest BCUT2D eigenvalue weighted by atomic mass is 32.2. The molecule has 0 N–H and O–H groups in total. The highest BCUT2D eigenvalue weighted by Gasteiger charge is 2.26. The SMILES string of the molecule is Cc1cc(C)nc(SC2CCCCC2C#N)c1.